The highest BCUT2D eigenvalue weighted by atomic mass is 16.5. The second-order valence-electron chi connectivity index (χ2n) is 5.24. The third kappa shape index (κ3) is 3.73. The molecule has 0 aliphatic rings. The van der Waals surface area contributed by atoms with E-state index in [9.17, 15) is 0 Å². The smallest absolute Gasteiger partial charge is 0.119 e. The highest BCUT2D eigenvalue weighted by molar-refractivity contribution is 5.28. The predicted molar refractivity (Wildman–Crippen MR) is 86.0 cm³/mol. The van der Waals surface area contributed by atoms with Gasteiger partial charge in [-0.15, -0.1) is 5.10 Å². The molecule has 0 aliphatic carbocycles. The maximum Gasteiger partial charge on any atom is 0.119 e. The van der Waals surface area contributed by atoms with E-state index in [1.807, 2.05) is 41.2 Å². The normalized spacial score (nSPS) is 10.6. The Balaban J connectivity index is 1.59. The number of rotatable bonds is 6. The molecule has 22 heavy (non-hydrogen) atoms. The molecular weight excluding hydrogens is 274 g/mol. The molecule has 0 spiro atoms. The Morgan fingerprint density at radius 1 is 0.955 bits per heavy atom. The van der Waals surface area contributed by atoms with Gasteiger partial charge in [0.1, 0.15) is 5.75 Å². The van der Waals surface area contributed by atoms with Crippen LogP contribution >= 0.6 is 0 Å². The summed E-state index contributed by atoms with van der Waals surface area (Å²) < 4.78 is 7.13. The summed E-state index contributed by atoms with van der Waals surface area (Å²) in [7, 11) is 1.69. The summed E-state index contributed by atoms with van der Waals surface area (Å²) in [6, 6.07) is 18.4. The van der Waals surface area contributed by atoms with Crippen LogP contribution in [0.25, 0.3) is 0 Å². The molecule has 0 aliphatic heterocycles. The van der Waals surface area contributed by atoms with Gasteiger partial charge in [0.2, 0.25) is 0 Å². The van der Waals surface area contributed by atoms with E-state index in [0.29, 0.717) is 0 Å². The molecule has 0 radical (unpaired) electrons. The summed E-state index contributed by atoms with van der Waals surface area (Å²) in [5, 5.41) is 8.45. The molecule has 3 rings (SSSR count). The Hall–Kier alpha value is -2.62. The van der Waals surface area contributed by atoms with E-state index in [-0.39, 0.29) is 0 Å². The molecule has 0 N–H and O–H groups in total. The van der Waals surface area contributed by atoms with Crippen LogP contribution < -0.4 is 4.74 Å². The van der Waals surface area contributed by atoms with Gasteiger partial charge in [-0.3, -0.25) is 0 Å². The molecule has 1 heterocycles. The first-order valence-electron chi connectivity index (χ1n) is 7.39. The Kier molecular flexibility index (Phi) is 4.49. The average Bonchev–Trinajstić information content (AvgIpc) is 3.01. The fourth-order valence-electron chi connectivity index (χ4n) is 2.40. The number of aryl methyl sites for hydroxylation is 2. The van der Waals surface area contributed by atoms with Crippen LogP contribution in [0.4, 0.5) is 0 Å². The molecule has 4 nitrogen and oxygen atoms in total. The number of benzene rings is 2. The summed E-state index contributed by atoms with van der Waals surface area (Å²) in [5.74, 6) is 0.894. The minimum Gasteiger partial charge on any atom is -0.497 e. The summed E-state index contributed by atoms with van der Waals surface area (Å²) in [4.78, 5) is 0. The topological polar surface area (TPSA) is 39.9 Å². The summed E-state index contributed by atoms with van der Waals surface area (Å²) in [5.41, 5.74) is 3.49. The molecule has 1 aromatic heterocycles. The van der Waals surface area contributed by atoms with Gasteiger partial charge >= 0.3 is 0 Å². The lowest BCUT2D eigenvalue weighted by molar-refractivity contribution is 0.414. The second kappa shape index (κ2) is 6.89. The SMILES string of the molecule is COc1cccc(CCc2cn(Cc3ccccc3)nn2)c1. The van der Waals surface area contributed by atoms with Crippen molar-refractivity contribution in [2.75, 3.05) is 7.11 Å². The first kappa shape index (κ1) is 14.3. The van der Waals surface area contributed by atoms with E-state index in [2.05, 4.69) is 34.6 Å². The van der Waals surface area contributed by atoms with E-state index in [0.717, 1.165) is 30.8 Å². The zero-order chi connectivity index (χ0) is 15.2. The number of ether oxygens (including phenoxy) is 1. The third-order valence-corrected chi connectivity index (χ3v) is 3.58. The van der Waals surface area contributed by atoms with Crippen molar-refractivity contribution in [3.63, 3.8) is 0 Å². The quantitative estimate of drug-likeness (QED) is 0.701. The molecule has 112 valence electrons. The van der Waals surface area contributed by atoms with Gasteiger partial charge in [0.15, 0.2) is 0 Å². The standard InChI is InChI=1S/C18H19N3O/c1-22-18-9-5-8-15(12-18)10-11-17-14-21(20-19-17)13-16-6-3-2-4-7-16/h2-9,12,14H,10-11,13H2,1H3. The number of aromatic nitrogens is 3. The monoisotopic (exact) mass is 293 g/mol. The summed E-state index contributed by atoms with van der Waals surface area (Å²) in [6.07, 6.45) is 3.83. The Morgan fingerprint density at radius 3 is 2.59 bits per heavy atom. The molecular formula is C18H19N3O. The van der Waals surface area contributed by atoms with Gasteiger partial charge < -0.3 is 4.74 Å². The minimum absolute atomic E-state index is 0.757. The fourth-order valence-corrected chi connectivity index (χ4v) is 2.40. The largest absolute Gasteiger partial charge is 0.497 e. The van der Waals surface area contributed by atoms with Crippen LogP contribution in [0.2, 0.25) is 0 Å². The summed E-state index contributed by atoms with van der Waals surface area (Å²) >= 11 is 0. The van der Waals surface area contributed by atoms with Gasteiger partial charge in [-0.2, -0.15) is 0 Å². The van der Waals surface area contributed by atoms with Crippen molar-refractivity contribution in [2.24, 2.45) is 0 Å². The van der Waals surface area contributed by atoms with Crippen molar-refractivity contribution < 1.29 is 4.74 Å². The maximum absolute atomic E-state index is 5.25. The molecule has 0 saturated heterocycles. The molecule has 0 unspecified atom stereocenters. The molecule has 3 aromatic rings. The van der Waals surface area contributed by atoms with Gasteiger partial charge in [0.25, 0.3) is 0 Å². The fraction of sp³-hybridized carbons (Fsp3) is 0.222. The molecule has 4 heteroatoms. The lowest BCUT2D eigenvalue weighted by Gasteiger charge is -2.03. The summed E-state index contributed by atoms with van der Waals surface area (Å²) in [6.45, 7) is 0.757. The third-order valence-electron chi connectivity index (χ3n) is 3.58. The highest BCUT2D eigenvalue weighted by Gasteiger charge is 2.03. The number of nitrogens with zero attached hydrogens (tertiary/aromatic N) is 3. The van der Waals surface area contributed by atoms with Crippen LogP contribution in [0.3, 0.4) is 0 Å². The lowest BCUT2D eigenvalue weighted by atomic mass is 10.1. The molecule has 0 bridgehead atoms. The first-order chi connectivity index (χ1) is 10.8. The van der Waals surface area contributed by atoms with Crippen molar-refractivity contribution >= 4 is 0 Å². The zero-order valence-electron chi connectivity index (χ0n) is 12.6. The van der Waals surface area contributed by atoms with Gasteiger partial charge in [-0.25, -0.2) is 4.68 Å². The van der Waals surface area contributed by atoms with Crippen molar-refractivity contribution in [2.45, 2.75) is 19.4 Å². The number of methoxy groups -OCH3 is 1. The van der Waals surface area contributed by atoms with Crippen LogP contribution in [-0.2, 0) is 19.4 Å². The van der Waals surface area contributed by atoms with Crippen molar-refractivity contribution in [1.82, 2.24) is 15.0 Å². The van der Waals surface area contributed by atoms with Gasteiger partial charge in [0.05, 0.1) is 19.3 Å². The Bertz CT molecular complexity index is 722. The number of hydrogen-bond acceptors (Lipinski definition) is 3. The van der Waals surface area contributed by atoms with E-state index in [1.54, 1.807) is 7.11 Å². The second-order valence-corrected chi connectivity index (χ2v) is 5.24. The predicted octanol–water partition coefficient (Wildman–Crippen LogP) is 3.12. The van der Waals surface area contributed by atoms with Gasteiger partial charge in [-0.05, 0) is 36.1 Å². The van der Waals surface area contributed by atoms with Crippen LogP contribution in [0, 0.1) is 0 Å². The van der Waals surface area contributed by atoms with Gasteiger partial charge in [-0.1, -0.05) is 47.7 Å². The van der Waals surface area contributed by atoms with Crippen LogP contribution in [0.5, 0.6) is 5.75 Å². The Labute approximate surface area is 130 Å². The maximum atomic E-state index is 5.25. The van der Waals surface area contributed by atoms with Crippen LogP contribution in [-0.4, -0.2) is 22.1 Å². The first-order valence-corrected chi connectivity index (χ1v) is 7.39. The van der Waals surface area contributed by atoms with Crippen molar-refractivity contribution in [3.05, 3.63) is 77.6 Å². The minimum atomic E-state index is 0.757. The van der Waals surface area contributed by atoms with E-state index in [4.69, 9.17) is 4.74 Å². The average molecular weight is 293 g/mol. The van der Waals surface area contributed by atoms with E-state index >= 15 is 0 Å². The van der Waals surface area contributed by atoms with E-state index in [1.165, 1.54) is 11.1 Å². The van der Waals surface area contributed by atoms with E-state index < -0.39 is 0 Å². The highest BCUT2D eigenvalue weighted by Crippen LogP contribution is 2.14. The van der Waals surface area contributed by atoms with Crippen LogP contribution in [0.15, 0.2) is 60.8 Å². The van der Waals surface area contributed by atoms with Crippen LogP contribution in [0.1, 0.15) is 16.8 Å². The molecule has 2 aromatic carbocycles. The molecule has 0 fully saturated rings. The Morgan fingerprint density at radius 2 is 1.77 bits per heavy atom. The number of hydrogen-bond donors (Lipinski definition) is 0. The van der Waals surface area contributed by atoms with Crippen molar-refractivity contribution in [3.8, 4) is 5.75 Å². The zero-order valence-corrected chi connectivity index (χ0v) is 12.6. The molecule has 0 saturated carbocycles. The molecule has 0 atom stereocenters. The van der Waals surface area contributed by atoms with Gasteiger partial charge in [0, 0.05) is 6.20 Å². The van der Waals surface area contributed by atoms with Crippen molar-refractivity contribution in [1.29, 1.82) is 0 Å². The molecule has 0 amide bonds. The lowest BCUT2D eigenvalue weighted by Crippen LogP contribution is -1.99.